The number of amides is 1. The van der Waals surface area contributed by atoms with Gasteiger partial charge in [-0.25, -0.2) is 0 Å². The zero-order valence-corrected chi connectivity index (χ0v) is 7.25. The Morgan fingerprint density at radius 2 is 2.58 bits per heavy atom. The molecule has 1 atom stereocenters. The molecule has 1 amide bonds. The Hall–Kier alpha value is -1.01. The van der Waals surface area contributed by atoms with Gasteiger partial charge in [0.25, 0.3) is 0 Å². The minimum absolute atomic E-state index is 0.106. The summed E-state index contributed by atoms with van der Waals surface area (Å²) in [5, 5.41) is 0. The average molecular weight is 167 g/mol. The number of hydrogen-bond donors (Lipinski definition) is 0. The first kappa shape index (κ1) is 9.08. The molecule has 0 saturated carbocycles. The van der Waals surface area contributed by atoms with Crippen LogP contribution in [0.2, 0.25) is 0 Å². The molecule has 66 valence electrons. The Morgan fingerprint density at radius 3 is 3.08 bits per heavy atom. The molecule has 1 saturated heterocycles. The summed E-state index contributed by atoms with van der Waals surface area (Å²) in [6.45, 7) is 1.94. The highest BCUT2D eigenvalue weighted by Crippen LogP contribution is 2.15. The maximum Gasteiger partial charge on any atom is 0.224 e. The highest BCUT2D eigenvalue weighted by Gasteiger charge is 2.27. The standard InChI is InChI=1S/C9H13NO2/c1-3-8-6-9(11)10(7-8)4-5-12-2/h1,8H,4-7H2,2H3. The summed E-state index contributed by atoms with van der Waals surface area (Å²) in [5.74, 6) is 2.85. The lowest BCUT2D eigenvalue weighted by molar-refractivity contribution is -0.128. The van der Waals surface area contributed by atoms with Gasteiger partial charge in [0, 0.05) is 32.5 Å². The molecule has 1 fully saturated rings. The van der Waals surface area contributed by atoms with Gasteiger partial charge in [-0.2, -0.15) is 0 Å². The molecule has 0 spiro atoms. The van der Waals surface area contributed by atoms with Crippen molar-refractivity contribution in [2.75, 3.05) is 26.8 Å². The molecule has 0 aromatic heterocycles. The molecule has 0 bridgehead atoms. The Kier molecular flexibility index (Phi) is 3.12. The van der Waals surface area contributed by atoms with Gasteiger partial charge in [0.15, 0.2) is 0 Å². The van der Waals surface area contributed by atoms with Gasteiger partial charge in [0.2, 0.25) is 5.91 Å². The number of ether oxygens (including phenoxy) is 1. The number of methoxy groups -OCH3 is 1. The van der Waals surface area contributed by atoms with Crippen molar-refractivity contribution in [2.45, 2.75) is 6.42 Å². The summed E-state index contributed by atoms with van der Waals surface area (Å²) in [7, 11) is 1.62. The first-order chi connectivity index (χ1) is 5.77. The summed E-state index contributed by atoms with van der Waals surface area (Å²) in [6.07, 6.45) is 5.73. The first-order valence-corrected chi connectivity index (χ1v) is 4.00. The molecule has 1 unspecified atom stereocenters. The van der Waals surface area contributed by atoms with Crippen LogP contribution in [0.5, 0.6) is 0 Å². The van der Waals surface area contributed by atoms with Crippen molar-refractivity contribution in [2.24, 2.45) is 5.92 Å². The van der Waals surface area contributed by atoms with Crippen LogP contribution in [0, 0.1) is 18.3 Å². The largest absolute Gasteiger partial charge is 0.383 e. The Balaban J connectivity index is 2.37. The molecule has 3 heteroatoms. The number of likely N-dealkylation sites (tertiary alicyclic amines) is 1. The van der Waals surface area contributed by atoms with Gasteiger partial charge in [0.1, 0.15) is 0 Å². The second kappa shape index (κ2) is 4.13. The molecule has 0 N–H and O–H groups in total. The van der Waals surface area contributed by atoms with E-state index in [2.05, 4.69) is 5.92 Å². The van der Waals surface area contributed by atoms with Crippen LogP contribution in [-0.4, -0.2) is 37.6 Å². The van der Waals surface area contributed by atoms with E-state index in [0.29, 0.717) is 26.1 Å². The minimum Gasteiger partial charge on any atom is -0.383 e. The van der Waals surface area contributed by atoms with Crippen molar-refractivity contribution >= 4 is 5.91 Å². The molecular weight excluding hydrogens is 154 g/mol. The highest BCUT2D eigenvalue weighted by atomic mass is 16.5. The number of hydrogen-bond acceptors (Lipinski definition) is 2. The van der Waals surface area contributed by atoms with E-state index in [0.717, 1.165) is 0 Å². The second-order valence-electron chi connectivity index (χ2n) is 2.90. The van der Waals surface area contributed by atoms with Crippen molar-refractivity contribution in [3.05, 3.63) is 0 Å². The summed E-state index contributed by atoms with van der Waals surface area (Å²) in [4.78, 5) is 13.0. The molecular formula is C9H13NO2. The van der Waals surface area contributed by atoms with Gasteiger partial charge in [-0.1, -0.05) is 0 Å². The lowest BCUT2D eigenvalue weighted by atomic mass is 10.1. The van der Waals surface area contributed by atoms with Crippen LogP contribution < -0.4 is 0 Å². The quantitative estimate of drug-likeness (QED) is 0.558. The van der Waals surface area contributed by atoms with Crippen molar-refractivity contribution < 1.29 is 9.53 Å². The van der Waals surface area contributed by atoms with Gasteiger partial charge < -0.3 is 9.64 Å². The maximum atomic E-state index is 11.2. The third-order valence-corrected chi connectivity index (χ3v) is 2.02. The van der Waals surface area contributed by atoms with E-state index in [1.165, 1.54) is 0 Å². The molecule has 1 rings (SSSR count). The molecule has 0 radical (unpaired) electrons. The van der Waals surface area contributed by atoms with Crippen LogP contribution in [0.3, 0.4) is 0 Å². The number of rotatable bonds is 3. The molecule has 1 heterocycles. The number of carbonyl (C=O) groups is 1. The third-order valence-electron chi connectivity index (χ3n) is 2.02. The average Bonchev–Trinajstić information content (AvgIpc) is 2.43. The van der Waals surface area contributed by atoms with Gasteiger partial charge >= 0.3 is 0 Å². The lowest BCUT2D eigenvalue weighted by Crippen LogP contribution is -2.28. The number of nitrogens with zero attached hydrogens (tertiary/aromatic N) is 1. The topological polar surface area (TPSA) is 29.5 Å². The zero-order valence-electron chi connectivity index (χ0n) is 7.25. The smallest absolute Gasteiger partial charge is 0.224 e. The number of carbonyl (C=O) groups excluding carboxylic acids is 1. The maximum absolute atomic E-state index is 11.2. The predicted octanol–water partition coefficient (Wildman–Crippen LogP) is 0.115. The van der Waals surface area contributed by atoms with E-state index < -0.39 is 0 Å². The van der Waals surface area contributed by atoms with E-state index in [4.69, 9.17) is 11.2 Å². The summed E-state index contributed by atoms with van der Waals surface area (Å²) in [6, 6.07) is 0. The fourth-order valence-electron chi connectivity index (χ4n) is 1.30. The summed E-state index contributed by atoms with van der Waals surface area (Å²) < 4.78 is 4.88. The van der Waals surface area contributed by atoms with Gasteiger partial charge in [-0.15, -0.1) is 12.3 Å². The third kappa shape index (κ3) is 1.99. The van der Waals surface area contributed by atoms with Crippen molar-refractivity contribution in [1.82, 2.24) is 4.90 Å². The predicted molar refractivity (Wildman–Crippen MR) is 45.4 cm³/mol. The fourth-order valence-corrected chi connectivity index (χ4v) is 1.30. The Bertz CT molecular complexity index is 207. The first-order valence-electron chi connectivity index (χ1n) is 4.00. The molecule has 0 aliphatic carbocycles. The van der Waals surface area contributed by atoms with Crippen molar-refractivity contribution in [3.63, 3.8) is 0 Å². The van der Waals surface area contributed by atoms with Crippen LogP contribution in [0.15, 0.2) is 0 Å². The lowest BCUT2D eigenvalue weighted by Gasteiger charge is -2.14. The SMILES string of the molecule is C#CC1CC(=O)N(CCOC)C1. The van der Waals surface area contributed by atoms with Crippen LogP contribution in [0.4, 0.5) is 0 Å². The van der Waals surface area contributed by atoms with Crippen LogP contribution in [-0.2, 0) is 9.53 Å². The molecule has 1 aliphatic heterocycles. The monoisotopic (exact) mass is 167 g/mol. The van der Waals surface area contributed by atoms with E-state index in [1.807, 2.05) is 0 Å². The summed E-state index contributed by atoms with van der Waals surface area (Å²) in [5.41, 5.74) is 0. The van der Waals surface area contributed by atoms with E-state index in [1.54, 1.807) is 12.0 Å². The zero-order chi connectivity index (χ0) is 8.97. The molecule has 0 aromatic rings. The van der Waals surface area contributed by atoms with E-state index in [9.17, 15) is 4.79 Å². The summed E-state index contributed by atoms with van der Waals surface area (Å²) >= 11 is 0. The van der Waals surface area contributed by atoms with Crippen molar-refractivity contribution in [3.8, 4) is 12.3 Å². The molecule has 1 aliphatic rings. The normalized spacial score (nSPS) is 22.8. The molecule has 0 aromatic carbocycles. The molecule has 12 heavy (non-hydrogen) atoms. The minimum atomic E-state index is 0.106. The molecule has 3 nitrogen and oxygen atoms in total. The fraction of sp³-hybridized carbons (Fsp3) is 0.667. The van der Waals surface area contributed by atoms with Gasteiger partial charge in [-0.05, 0) is 0 Å². The van der Waals surface area contributed by atoms with E-state index >= 15 is 0 Å². The second-order valence-corrected chi connectivity index (χ2v) is 2.90. The Labute approximate surface area is 72.7 Å². The van der Waals surface area contributed by atoms with E-state index in [-0.39, 0.29) is 11.8 Å². The van der Waals surface area contributed by atoms with Gasteiger partial charge in [-0.3, -0.25) is 4.79 Å². The van der Waals surface area contributed by atoms with Crippen LogP contribution >= 0.6 is 0 Å². The Morgan fingerprint density at radius 1 is 1.83 bits per heavy atom. The van der Waals surface area contributed by atoms with Crippen LogP contribution in [0.25, 0.3) is 0 Å². The highest BCUT2D eigenvalue weighted by molar-refractivity contribution is 5.79. The van der Waals surface area contributed by atoms with Crippen molar-refractivity contribution in [1.29, 1.82) is 0 Å². The van der Waals surface area contributed by atoms with Crippen LogP contribution in [0.1, 0.15) is 6.42 Å². The van der Waals surface area contributed by atoms with Gasteiger partial charge in [0.05, 0.1) is 6.61 Å². The number of terminal acetylenes is 1.